The van der Waals surface area contributed by atoms with Crippen LogP contribution < -0.4 is 9.80 Å². The second-order valence-corrected chi connectivity index (χ2v) is 8.53. The van der Waals surface area contributed by atoms with Gasteiger partial charge in [0, 0.05) is 59.4 Å². The zero-order valence-corrected chi connectivity index (χ0v) is 16.6. The molecule has 7 heteroatoms. The Balaban J connectivity index is 1.38. The van der Waals surface area contributed by atoms with Crippen molar-refractivity contribution >= 4 is 17.5 Å². The highest BCUT2D eigenvalue weighted by Crippen LogP contribution is 2.41. The third kappa shape index (κ3) is 4.03. The van der Waals surface area contributed by atoms with Crippen LogP contribution in [0.15, 0.2) is 12.4 Å². The summed E-state index contributed by atoms with van der Waals surface area (Å²) in [5, 5.41) is 0. The summed E-state index contributed by atoms with van der Waals surface area (Å²) in [4.78, 5) is 27.7. The van der Waals surface area contributed by atoms with E-state index in [1.807, 2.05) is 19.0 Å². The van der Waals surface area contributed by atoms with Gasteiger partial charge < -0.3 is 19.4 Å². The molecule has 1 amide bonds. The summed E-state index contributed by atoms with van der Waals surface area (Å²) in [5.74, 6) is 2.25. The second kappa shape index (κ2) is 7.62. The maximum Gasteiger partial charge on any atom is 0.222 e. The molecule has 3 fully saturated rings. The van der Waals surface area contributed by atoms with Crippen molar-refractivity contribution in [3.05, 3.63) is 12.4 Å². The van der Waals surface area contributed by atoms with Crippen LogP contribution in [0, 0.1) is 5.41 Å². The van der Waals surface area contributed by atoms with Crippen LogP contribution in [0.1, 0.15) is 38.5 Å². The van der Waals surface area contributed by atoms with Crippen molar-refractivity contribution in [1.82, 2.24) is 14.9 Å². The summed E-state index contributed by atoms with van der Waals surface area (Å²) >= 11 is 0. The van der Waals surface area contributed by atoms with Crippen LogP contribution in [-0.2, 0) is 9.53 Å². The Morgan fingerprint density at radius 1 is 1.26 bits per heavy atom. The lowest BCUT2D eigenvalue weighted by Crippen LogP contribution is -2.53. The zero-order chi connectivity index (χ0) is 18.9. The number of nitrogens with zero attached hydrogens (tertiary/aromatic N) is 5. The Morgan fingerprint density at radius 3 is 2.78 bits per heavy atom. The van der Waals surface area contributed by atoms with E-state index in [2.05, 4.69) is 25.8 Å². The molecule has 1 atom stereocenters. The largest absolute Gasteiger partial charge is 0.376 e. The zero-order valence-electron chi connectivity index (χ0n) is 16.6. The number of ether oxygens (including phenoxy) is 1. The van der Waals surface area contributed by atoms with Crippen molar-refractivity contribution in [2.75, 3.05) is 56.7 Å². The highest BCUT2D eigenvalue weighted by molar-refractivity contribution is 5.77. The third-order valence-electron chi connectivity index (χ3n) is 6.44. The van der Waals surface area contributed by atoms with Crippen LogP contribution in [0.25, 0.3) is 0 Å². The van der Waals surface area contributed by atoms with Gasteiger partial charge in [-0.15, -0.1) is 0 Å². The quantitative estimate of drug-likeness (QED) is 0.804. The van der Waals surface area contributed by atoms with Gasteiger partial charge in [-0.3, -0.25) is 4.79 Å². The predicted octanol–water partition coefficient (Wildman–Crippen LogP) is 1.93. The maximum atomic E-state index is 12.4. The summed E-state index contributed by atoms with van der Waals surface area (Å²) in [5.41, 5.74) is 0.264. The van der Waals surface area contributed by atoms with Gasteiger partial charge >= 0.3 is 0 Å². The lowest BCUT2D eigenvalue weighted by atomic mass is 9.72. The van der Waals surface area contributed by atoms with E-state index in [-0.39, 0.29) is 11.5 Å². The molecule has 0 bridgehead atoms. The van der Waals surface area contributed by atoms with Crippen LogP contribution in [0.4, 0.5) is 11.6 Å². The standard InChI is InChI=1S/C20H31N5O2/c1-23(2)17-12-18(22-15-21-17)24-9-7-20(8-10-24)6-5-19(26)25(14-20)13-16-4-3-11-27-16/h12,15-16H,3-11,13-14H2,1-2H3/t16-/m1/s1. The lowest BCUT2D eigenvalue weighted by molar-refractivity contribution is -0.140. The van der Waals surface area contributed by atoms with Crippen molar-refractivity contribution in [2.45, 2.75) is 44.6 Å². The van der Waals surface area contributed by atoms with Gasteiger partial charge in [-0.05, 0) is 37.5 Å². The fraction of sp³-hybridized carbons (Fsp3) is 0.750. The molecular weight excluding hydrogens is 342 g/mol. The summed E-state index contributed by atoms with van der Waals surface area (Å²) in [6, 6.07) is 2.06. The fourth-order valence-corrected chi connectivity index (χ4v) is 4.68. The smallest absolute Gasteiger partial charge is 0.222 e. The van der Waals surface area contributed by atoms with Crippen LogP contribution in [0.5, 0.6) is 0 Å². The number of hydrogen-bond acceptors (Lipinski definition) is 6. The number of likely N-dealkylation sites (tertiary alicyclic amines) is 1. The topological polar surface area (TPSA) is 61.8 Å². The number of hydrogen-bond donors (Lipinski definition) is 0. The van der Waals surface area contributed by atoms with E-state index in [0.29, 0.717) is 12.3 Å². The van der Waals surface area contributed by atoms with Crippen LogP contribution in [0.2, 0.25) is 0 Å². The molecule has 0 aliphatic carbocycles. The summed E-state index contributed by atoms with van der Waals surface area (Å²) < 4.78 is 5.76. The Labute approximate surface area is 161 Å². The molecule has 7 nitrogen and oxygen atoms in total. The van der Waals surface area contributed by atoms with E-state index in [4.69, 9.17) is 4.74 Å². The SMILES string of the molecule is CN(C)c1cc(N2CCC3(CCC(=O)N(C[C@H]4CCCO4)C3)CC2)ncn1. The summed E-state index contributed by atoms with van der Waals surface area (Å²) in [6.07, 6.45) is 8.05. The molecule has 0 unspecified atom stereocenters. The number of carbonyl (C=O) groups is 1. The average molecular weight is 374 g/mol. The first-order valence-corrected chi connectivity index (χ1v) is 10.2. The van der Waals surface area contributed by atoms with Crippen LogP contribution in [-0.4, -0.2) is 73.8 Å². The molecule has 0 aromatic carbocycles. The molecule has 0 radical (unpaired) electrons. The summed E-state index contributed by atoms with van der Waals surface area (Å²) in [7, 11) is 4.00. The Hall–Kier alpha value is -1.89. The molecule has 148 valence electrons. The molecule has 1 aromatic rings. The van der Waals surface area contributed by atoms with Gasteiger partial charge in [0.15, 0.2) is 0 Å². The molecule has 3 saturated heterocycles. The van der Waals surface area contributed by atoms with E-state index < -0.39 is 0 Å². The minimum Gasteiger partial charge on any atom is -0.376 e. The Bertz CT molecular complexity index is 666. The van der Waals surface area contributed by atoms with Gasteiger partial charge in [0.05, 0.1) is 6.10 Å². The number of aromatic nitrogens is 2. The van der Waals surface area contributed by atoms with Crippen molar-refractivity contribution in [1.29, 1.82) is 0 Å². The van der Waals surface area contributed by atoms with E-state index in [0.717, 1.165) is 76.5 Å². The minimum absolute atomic E-state index is 0.245. The molecule has 0 saturated carbocycles. The van der Waals surface area contributed by atoms with Crippen molar-refractivity contribution < 1.29 is 9.53 Å². The molecule has 1 spiro atoms. The van der Waals surface area contributed by atoms with Gasteiger partial charge in [-0.1, -0.05) is 0 Å². The van der Waals surface area contributed by atoms with Crippen LogP contribution >= 0.6 is 0 Å². The molecule has 27 heavy (non-hydrogen) atoms. The predicted molar refractivity (Wildman–Crippen MR) is 105 cm³/mol. The molecule has 4 rings (SSSR count). The Kier molecular flexibility index (Phi) is 5.21. The molecule has 0 N–H and O–H groups in total. The van der Waals surface area contributed by atoms with Crippen molar-refractivity contribution in [3.63, 3.8) is 0 Å². The first-order chi connectivity index (χ1) is 13.0. The molecule has 3 aliphatic rings. The number of rotatable bonds is 4. The van der Waals surface area contributed by atoms with Gasteiger partial charge in [0.1, 0.15) is 18.0 Å². The maximum absolute atomic E-state index is 12.4. The number of piperidine rings is 2. The van der Waals surface area contributed by atoms with Crippen LogP contribution in [0.3, 0.4) is 0 Å². The molecule has 1 aromatic heterocycles. The highest BCUT2D eigenvalue weighted by atomic mass is 16.5. The van der Waals surface area contributed by atoms with Gasteiger partial charge in [0.25, 0.3) is 0 Å². The highest BCUT2D eigenvalue weighted by Gasteiger charge is 2.41. The first kappa shape index (κ1) is 18.5. The molecule has 4 heterocycles. The number of carbonyl (C=O) groups excluding carboxylic acids is 1. The average Bonchev–Trinajstić information content (AvgIpc) is 3.19. The third-order valence-corrected chi connectivity index (χ3v) is 6.44. The lowest BCUT2D eigenvalue weighted by Gasteiger charge is -2.48. The molecule has 3 aliphatic heterocycles. The fourth-order valence-electron chi connectivity index (χ4n) is 4.68. The number of amides is 1. The van der Waals surface area contributed by atoms with Crippen molar-refractivity contribution in [3.8, 4) is 0 Å². The van der Waals surface area contributed by atoms with E-state index in [1.165, 1.54) is 0 Å². The van der Waals surface area contributed by atoms with E-state index >= 15 is 0 Å². The van der Waals surface area contributed by atoms with E-state index in [9.17, 15) is 4.79 Å². The van der Waals surface area contributed by atoms with Gasteiger partial charge in [0.2, 0.25) is 5.91 Å². The monoisotopic (exact) mass is 373 g/mol. The number of anilines is 2. The summed E-state index contributed by atoms with van der Waals surface area (Å²) in [6.45, 7) is 4.51. The minimum atomic E-state index is 0.245. The van der Waals surface area contributed by atoms with Gasteiger partial charge in [-0.25, -0.2) is 9.97 Å². The normalized spacial score (nSPS) is 25.3. The second-order valence-electron chi connectivity index (χ2n) is 8.53. The van der Waals surface area contributed by atoms with Gasteiger partial charge in [-0.2, -0.15) is 0 Å². The van der Waals surface area contributed by atoms with Crippen molar-refractivity contribution in [2.24, 2.45) is 5.41 Å². The molecular formula is C20H31N5O2. The van der Waals surface area contributed by atoms with E-state index in [1.54, 1.807) is 6.33 Å². The Morgan fingerprint density at radius 2 is 2.07 bits per heavy atom. The first-order valence-electron chi connectivity index (χ1n) is 10.2.